The molecule has 0 aromatic carbocycles. The van der Waals surface area contributed by atoms with Gasteiger partial charge in [-0.15, -0.1) is 0 Å². The van der Waals surface area contributed by atoms with Crippen LogP contribution in [-0.2, 0) is 11.2 Å². The molecule has 1 aliphatic heterocycles. The fraction of sp³-hybridized carbons (Fsp3) is 0.462. The van der Waals surface area contributed by atoms with E-state index in [-0.39, 0.29) is 5.91 Å². The number of hydrogen-bond acceptors (Lipinski definition) is 3. The molecule has 1 aromatic heterocycles. The van der Waals surface area contributed by atoms with E-state index < -0.39 is 11.9 Å². The van der Waals surface area contributed by atoms with E-state index in [2.05, 4.69) is 4.98 Å². The number of aliphatic carboxylic acids is 1. The minimum Gasteiger partial charge on any atom is -0.481 e. The molecule has 5 heteroatoms. The van der Waals surface area contributed by atoms with Gasteiger partial charge in [0.05, 0.1) is 5.92 Å². The van der Waals surface area contributed by atoms with Crippen molar-refractivity contribution in [1.29, 1.82) is 0 Å². The number of amides is 1. The number of carboxylic acid groups (broad SMARTS) is 1. The van der Waals surface area contributed by atoms with E-state index in [1.165, 1.54) is 0 Å². The number of pyridine rings is 1. The molecule has 0 aliphatic carbocycles. The summed E-state index contributed by atoms with van der Waals surface area (Å²) in [6.45, 7) is 2.79. The van der Waals surface area contributed by atoms with Gasteiger partial charge in [0.15, 0.2) is 0 Å². The minimum atomic E-state index is -0.823. The zero-order valence-corrected chi connectivity index (χ0v) is 10.3. The molecular formula is C13H16N2O3. The zero-order valence-electron chi connectivity index (χ0n) is 10.3. The predicted molar refractivity (Wildman–Crippen MR) is 65.3 cm³/mol. The zero-order chi connectivity index (χ0) is 13.1. The lowest BCUT2D eigenvalue weighted by Crippen LogP contribution is -2.30. The monoisotopic (exact) mass is 248 g/mol. The molecule has 1 amide bonds. The molecule has 1 aromatic rings. The van der Waals surface area contributed by atoms with Crippen LogP contribution in [0.25, 0.3) is 0 Å². The van der Waals surface area contributed by atoms with Gasteiger partial charge in [-0.2, -0.15) is 0 Å². The van der Waals surface area contributed by atoms with Crippen LogP contribution < -0.4 is 0 Å². The van der Waals surface area contributed by atoms with E-state index >= 15 is 0 Å². The van der Waals surface area contributed by atoms with Crippen molar-refractivity contribution in [1.82, 2.24) is 9.88 Å². The predicted octanol–water partition coefficient (Wildman–Crippen LogP) is 1.19. The summed E-state index contributed by atoms with van der Waals surface area (Å²) in [5, 5.41) is 8.94. The average Bonchev–Trinajstić information content (AvgIpc) is 2.87. The van der Waals surface area contributed by atoms with E-state index in [4.69, 9.17) is 5.11 Å². The highest BCUT2D eigenvalue weighted by Crippen LogP contribution is 2.20. The Hall–Kier alpha value is -1.91. The first-order valence-electron chi connectivity index (χ1n) is 6.08. The van der Waals surface area contributed by atoms with E-state index in [1.54, 1.807) is 23.4 Å². The molecule has 5 nitrogen and oxygen atoms in total. The van der Waals surface area contributed by atoms with Crippen LogP contribution >= 0.6 is 0 Å². The fourth-order valence-electron chi connectivity index (χ4n) is 2.23. The van der Waals surface area contributed by atoms with Crippen molar-refractivity contribution in [3.8, 4) is 0 Å². The third kappa shape index (κ3) is 2.34. The number of nitrogens with zero attached hydrogens (tertiary/aromatic N) is 2. The van der Waals surface area contributed by atoms with Crippen LogP contribution in [0.1, 0.15) is 29.3 Å². The van der Waals surface area contributed by atoms with Gasteiger partial charge in [-0.3, -0.25) is 14.6 Å². The van der Waals surface area contributed by atoms with Crippen molar-refractivity contribution in [2.24, 2.45) is 5.92 Å². The van der Waals surface area contributed by atoms with Gasteiger partial charge in [-0.25, -0.2) is 0 Å². The van der Waals surface area contributed by atoms with Crippen LogP contribution in [0.2, 0.25) is 0 Å². The van der Waals surface area contributed by atoms with Gasteiger partial charge in [0.25, 0.3) is 5.91 Å². The maximum atomic E-state index is 12.3. The summed E-state index contributed by atoms with van der Waals surface area (Å²) in [6.07, 6.45) is 4.56. The lowest BCUT2D eigenvalue weighted by Gasteiger charge is -2.17. The second-order valence-corrected chi connectivity index (χ2v) is 4.46. The second-order valence-electron chi connectivity index (χ2n) is 4.46. The number of aromatic nitrogens is 1. The number of rotatable bonds is 3. The first-order chi connectivity index (χ1) is 8.63. The van der Waals surface area contributed by atoms with E-state index in [0.717, 1.165) is 12.0 Å². The Labute approximate surface area is 105 Å². The second kappa shape index (κ2) is 5.16. The summed E-state index contributed by atoms with van der Waals surface area (Å²) in [5.41, 5.74) is 1.54. The summed E-state index contributed by atoms with van der Waals surface area (Å²) in [6, 6.07) is 1.70. The standard InChI is InChI=1S/C13H16N2O3/c1-2-9-7-14-5-3-11(9)12(16)15-6-4-10(8-15)13(17)18/h3,5,7,10H,2,4,6,8H2,1H3,(H,17,18). The van der Waals surface area contributed by atoms with Gasteiger partial charge in [0.2, 0.25) is 0 Å². The molecule has 96 valence electrons. The van der Waals surface area contributed by atoms with Crippen molar-refractivity contribution in [2.45, 2.75) is 19.8 Å². The molecule has 0 spiro atoms. The van der Waals surface area contributed by atoms with Gasteiger partial charge in [0.1, 0.15) is 0 Å². The van der Waals surface area contributed by atoms with Crippen molar-refractivity contribution in [3.05, 3.63) is 29.6 Å². The van der Waals surface area contributed by atoms with Crippen LogP contribution in [0.3, 0.4) is 0 Å². The molecule has 1 N–H and O–H groups in total. The van der Waals surface area contributed by atoms with Crippen LogP contribution in [0.15, 0.2) is 18.5 Å². The number of carbonyl (C=O) groups excluding carboxylic acids is 1. The summed E-state index contributed by atoms with van der Waals surface area (Å²) in [4.78, 5) is 28.8. The van der Waals surface area contributed by atoms with Crippen LogP contribution in [0, 0.1) is 5.92 Å². The third-order valence-electron chi connectivity index (χ3n) is 3.34. The van der Waals surface area contributed by atoms with Gasteiger partial charge in [-0.1, -0.05) is 6.92 Å². The van der Waals surface area contributed by atoms with Gasteiger partial charge < -0.3 is 10.0 Å². The smallest absolute Gasteiger partial charge is 0.308 e. The Morgan fingerprint density at radius 2 is 2.33 bits per heavy atom. The molecule has 2 heterocycles. The Kier molecular flexibility index (Phi) is 3.60. The maximum Gasteiger partial charge on any atom is 0.308 e. The van der Waals surface area contributed by atoms with Crippen LogP contribution in [0.4, 0.5) is 0 Å². The molecule has 0 saturated carbocycles. The first kappa shape index (κ1) is 12.5. The Bertz CT molecular complexity index is 473. The molecule has 0 radical (unpaired) electrons. The van der Waals surface area contributed by atoms with Gasteiger partial charge >= 0.3 is 5.97 Å². The summed E-state index contributed by atoms with van der Waals surface area (Å²) in [7, 11) is 0. The molecule has 18 heavy (non-hydrogen) atoms. The largest absolute Gasteiger partial charge is 0.481 e. The highest BCUT2D eigenvalue weighted by Gasteiger charge is 2.31. The number of likely N-dealkylation sites (tertiary alicyclic amines) is 1. The van der Waals surface area contributed by atoms with Crippen molar-refractivity contribution >= 4 is 11.9 Å². The normalized spacial score (nSPS) is 18.9. The molecule has 1 unspecified atom stereocenters. The van der Waals surface area contributed by atoms with Crippen molar-refractivity contribution in [2.75, 3.05) is 13.1 Å². The van der Waals surface area contributed by atoms with Gasteiger partial charge in [-0.05, 0) is 24.5 Å². The SMILES string of the molecule is CCc1cnccc1C(=O)N1CCC(C(=O)O)C1. The first-order valence-corrected chi connectivity index (χ1v) is 6.08. The molecule has 1 fully saturated rings. The minimum absolute atomic E-state index is 0.0852. The molecular weight excluding hydrogens is 232 g/mol. The Morgan fingerprint density at radius 1 is 1.56 bits per heavy atom. The lowest BCUT2D eigenvalue weighted by atomic mass is 10.1. The number of carboxylic acids is 1. The molecule has 1 aliphatic rings. The number of aryl methyl sites for hydroxylation is 1. The van der Waals surface area contributed by atoms with E-state index in [0.29, 0.717) is 25.1 Å². The lowest BCUT2D eigenvalue weighted by molar-refractivity contribution is -0.141. The molecule has 0 bridgehead atoms. The van der Waals surface area contributed by atoms with E-state index in [9.17, 15) is 9.59 Å². The third-order valence-corrected chi connectivity index (χ3v) is 3.34. The average molecular weight is 248 g/mol. The highest BCUT2D eigenvalue weighted by molar-refractivity contribution is 5.96. The molecule has 2 rings (SSSR count). The Morgan fingerprint density at radius 3 is 2.94 bits per heavy atom. The quantitative estimate of drug-likeness (QED) is 0.872. The fourth-order valence-corrected chi connectivity index (χ4v) is 2.23. The summed E-state index contributed by atoms with van der Waals surface area (Å²) >= 11 is 0. The Balaban J connectivity index is 2.15. The topological polar surface area (TPSA) is 70.5 Å². The van der Waals surface area contributed by atoms with Crippen molar-refractivity contribution in [3.63, 3.8) is 0 Å². The van der Waals surface area contributed by atoms with Gasteiger partial charge in [0, 0.05) is 31.0 Å². The highest BCUT2D eigenvalue weighted by atomic mass is 16.4. The van der Waals surface area contributed by atoms with Crippen molar-refractivity contribution < 1.29 is 14.7 Å². The molecule has 1 saturated heterocycles. The summed E-state index contributed by atoms with van der Waals surface area (Å²) < 4.78 is 0. The summed E-state index contributed by atoms with van der Waals surface area (Å²) in [5.74, 6) is -1.34. The number of hydrogen-bond donors (Lipinski definition) is 1. The number of carbonyl (C=O) groups is 2. The van der Waals surface area contributed by atoms with E-state index in [1.807, 2.05) is 6.92 Å². The maximum absolute atomic E-state index is 12.3. The molecule has 1 atom stereocenters. The van der Waals surface area contributed by atoms with Crippen LogP contribution in [-0.4, -0.2) is 40.0 Å². The van der Waals surface area contributed by atoms with Crippen LogP contribution in [0.5, 0.6) is 0 Å².